The van der Waals surface area contributed by atoms with Crippen molar-refractivity contribution >= 4 is 45.5 Å². The first-order valence-corrected chi connectivity index (χ1v) is 9.12. The average molecular weight is 365 g/mol. The Balaban J connectivity index is 1.81. The third kappa shape index (κ3) is 3.46. The van der Waals surface area contributed by atoms with Gasteiger partial charge in [0.1, 0.15) is 10.1 Å². The SMILES string of the molecule is COC(=O)[C@@H]1CSC(c2cncc(C3=N[C@H](C(=O)OC)CS3)c2)=N1. The van der Waals surface area contributed by atoms with E-state index in [4.69, 9.17) is 9.47 Å². The van der Waals surface area contributed by atoms with Crippen molar-refractivity contribution in [2.45, 2.75) is 12.1 Å². The lowest BCUT2D eigenvalue weighted by molar-refractivity contribution is -0.142. The minimum Gasteiger partial charge on any atom is -0.467 e. The summed E-state index contributed by atoms with van der Waals surface area (Å²) >= 11 is 2.99. The summed E-state index contributed by atoms with van der Waals surface area (Å²) in [5.41, 5.74) is 1.66. The molecule has 0 spiro atoms. The van der Waals surface area contributed by atoms with E-state index in [2.05, 4.69) is 15.0 Å². The van der Waals surface area contributed by atoms with E-state index in [0.717, 1.165) is 21.2 Å². The van der Waals surface area contributed by atoms with E-state index in [-0.39, 0.29) is 11.9 Å². The summed E-state index contributed by atoms with van der Waals surface area (Å²) in [6.07, 6.45) is 3.40. The van der Waals surface area contributed by atoms with Gasteiger partial charge in [0.25, 0.3) is 0 Å². The van der Waals surface area contributed by atoms with Gasteiger partial charge in [0.15, 0.2) is 12.1 Å². The van der Waals surface area contributed by atoms with Crippen molar-refractivity contribution in [3.8, 4) is 0 Å². The maximum atomic E-state index is 11.6. The molecular weight excluding hydrogens is 350 g/mol. The van der Waals surface area contributed by atoms with Crippen LogP contribution in [0.5, 0.6) is 0 Å². The van der Waals surface area contributed by atoms with Crippen molar-refractivity contribution in [2.75, 3.05) is 25.7 Å². The van der Waals surface area contributed by atoms with Crippen molar-refractivity contribution in [2.24, 2.45) is 9.98 Å². The molecule has 3 rings (SSSR count). The van der Waals surface area contributed by atoms with Crippen molar-refractivity contribution in [1.29, 1.82) is 0 Å². The van der Waals surface area contributed by atoms with E-state index in [1.807, 2.05) is 6.07 Å². The number of hydrogen-bond donors (Lipinski definition) is 0. The van der Waals surface area contributed by atoms with Gasteiger partial charge < -0.3 is 9.47 Å². The molecule has 1 aromatic heterocycles. The predicted octanol–water partition coefficient (Wildman–Crippen LogP) is 1.15. The van der Waals surface area contributed by atoms with Crippen LogP contribution in [0.3, 0.4) is 0 Å². The summed E-state index contributed by atoms with van der Waals surface area (Å²) in [5, 5.41) is 1.51. The number of thioether (sulfide) groups is 2. The van der Waals surface area contributed by atoms with E-state index < -0.39 is 12.1 Å². The molecule has 0 unspecified atom stereocenters. The van der Waals surface area contributed by atoms with Gasteiger partial charge in [0, 0.05) is 35.0 Å². The van der Waals surface area contributed by atoms with Crippen LogP contribution in [0.2, 0.25) is 0 Å². The first kappa shape index (κ1) is 17.0. The fraction of sp³-hybridized carbons (Fsp3) is 0.400. The zero-order chi connectivity index (χ0) is 17.1. The van der Waals surface area contributed by atoms with Gasteiger partial charge in [-0.05, 0) is 6.07 Å². The Kier molecular flexibility index (Phi) is 5.20. The second kappa shape index (κ2) is 7.35. The number of esters is 2. The molecule has 24 heavy (non-hydrogen) atoms. The van der Waals surface area contributed by atoms with Crippen LogP contribution in [-0.2, 0) is 19.1 Å². The number of nitrogens with zero attached hydrogens (tertiary/aromatic N) is 3. The van der Waals surface area contributed by atoms with E-state index in [1.165, 1.54) is 37.7 Å². The highest BCUT2D eigenvalue weighted by atomic mass is 32.2. The first-order valence-electron chi connectivity index (χ1n) is 7.15. The number of ether oxygens (including phenoxy) is 2. The van der Waals surface area contributed by atoms with Crippen LogP contribution < -0.4 is 0 Å². The van der Waals surface area contributed by atoms with Gasteiger partial charge in [-0.15, -0.1) is 23.5 Å². The molecule has 2 aliphatic rings. The Bertz CT molecular complexity index is 678. The largest absolute Gasteiger partial charge is 0.467 e. The molecule has 0 aliphatic carbocycles. The Morgan fingerprint density at radius 1 is 0.958 bits per heavy atom. The lowest BCUT2D eigenvalue weighted by atomic mass is 10.2. The fourth-order valence-corrected chi connectivity index (χ4v) is 4.26. The quantitative estimate of drug-likeness (QED) is 0.739. The number of pyridine rings is 1. The second-order valence-electron chi connectivity index (χ2n) is 5.03. The highest BCUT2D eigenvalue weighted by Gasteiger charge is 2.28. The normalized spacial score (nSPS) is 22.8. The topological polar surface area (TPSA) is 90.2 Å². The molecule has 2 aliphatic heterocycles. The lowest BCUT2D eigenvalue weighted by Gasteiger charge is -2.03. The summed E-state index contributed by atoms with van der Waals surface area (Å²) < 4.78 is 9.45. The van der Waals surface area contributed by atoms with Crippen LogP contribution in [0.25, 0.3) is 0 Å². The summed E-state index contributed by atoms with van der Waals surface area (Å²) in [4.78, 5) is 36.2. The van der Waals surface area contributed by atoms with Gasteiger partial charge in [-0.2, -0.15) is 0 Å². The average Bonchev–Trinajstić information content (AvgIpc) is 3.30. The third-order valence-corrected chi connectivity index (χ3v) is 5.67. The van der Waals surface area contributed by atoms with Crippen molar-refractivity contribution in [3.05, 3.63) is 29.6 Å². The summed E-state index contributed by atoms with van der Waals surface area (Å²) in [7, 11) is 2.71. The fourth-order valence-electron chi connectivity index (χ4n) is 2.25. The molecular formula is C15H15N3O4S2. The summed E-state index contributed by atoms with van der Waals surface area (Å²) in [6, 6.07) is 0.977. The molecule has 0 saturated heterocycles. The van der Waals surface area contributed by atoms with Crippen LogP contribution in [0, 0.1) is 0 Å². The molecule has 0 N–H and O–H groups in total. The molecule has 0 bridgehead atoms. The Morgan fingerprint density at radius 2 is 1.42 bits per heavy atom. The molecule has 0 aromatic carbocycles. The number of aromatic nitrogens is 1. The molecule has 0 fully saturated rings. The number of rotatable bonds is 4. The van der Waals surface area contributed by atoms with Gasteiger partial charge in [-0.3, -0.25) is 15.0 Å². The van der Waals surface area contributed by atoms with Crippen LogP contribution >= 0.6 is 23.5 Å². The molecule has 0 radical (unpaired) electrons. The standard InChI is InChI=1S/C15H15N3O4S2/c1-21-14(19)10-6-23-12(17-10)8-3-9(5-16-4-8)13-18-11(7-24-13)15(20)22-2/h3-5,10-11H,6-7H2,1-2H3/t10-,11-/m0/s1. The maximum Gasteiger partial charge on any atom is 0.331 e. The minimum atomic E-state index is -0.472. The van der Waals surface area contributed by atoms with Gasteiger partial charge in [0.2, 0.25) is 0 Å². The second-order valence-corrected chi connectivity index (χ2v) is 7.05. The van der Waals surface area contributed by atoms with Crippen LogP contribution in [0.15, 0.2) is 28.4 Å². The third-order valence-electron chi connectivity index (χ3n) is 3.48. The minimum absolute atomic E-state index is 0.335. The zero-order valence-electron chi connectivity index (χ0n) is 13.1. The van der Waals surface area contributed by atoms with Crippen LogP contribution in [0.4, 0.5) is 0 Å². The van der Waals surface area contributed by atoms with E-state index in [9.17, 15) is 9.59 Å². The van der Waals surface area contributed by atoms with Crippen molar-refractivity contribution in [3.63, 3.8) is 0 Å². The van der Waals surface area contributed by atoms with Gasteiger partial charge in [0.05, 0.1) is 14.2 Å². The monoisotopic (exact) mass is 365 g/mol. The number of carbonyl (C=O) groups is 2. The maximum absolute atomic E-state index is 11.6. The molecule has 7 nitrogen and oxygen atoms in total. The highest BCUT2D eigenvalue weighted by Crippen LogP contribution is 2.27. The molecule has 2 atom stereocenters. The highest BCUT2D eigenvalue weighted by molar-refractivity contribution is 8.15. The summed E-state index contributed by atoms with van der Waals surface area (Å²) in [5.74, 6) is 0.454. The lowest BCUT2D eigenvalue weighted by Crippen LogP contribution is -2.19. The Hall–Kier alpha value is -1.87. The molecule has 0 saturated carbocycles. The summed E-state index contributed by atoms with van der Waals surface area (Å²) in [6.45, 7) is 0. The Morgan fingerprint density at radius 3 is 1.83 bits per heavy atom. The first-order chi connectivity index (χ1) is 11.6. The van der Waals surface area contributed by atoms with E-state index >= 15 is 0 Å². The van der Waals surface area contributed by atoms with Gasteiger partial charge in [-0.1, -0.05) is 0 Å². The van der Waals surface area contributed by atoms with Crippen LogP contribution in [0.1, 0.15) is 11.1 Å². The number of aliphatic imine (C=N–C) groups is 2. The predicted molar refractivity (Wildman–Crippen MR) is 93.8 cm³/mol. The Labute approximate surface area is 147 Å². The molecule has 3 heterocycles. The number of carbonyl (C=O) groups excluding carboxylic acids is 2. The van der Waals surface area contributed by atoms with Gasteiger partial charge in [-0.25, -0.2) is 9.59 Å². The van der Waals surface area contributed by atoms with Crippen molar-refractivity contribution < 1.29 is 19.1 Å². The van der Waals surface area contributed by atoms with E-state index in [0.29, 0.717) is 11.5 Å². The van der Waals surface area contributed by atoms with Gasteiger partial charge >= 0.3 is 11.9 Å². The van der Waals surface area contributed by atoms with E-state index in [1.54, 1.807) is 12.4 Å². The smallest absolute Gasteiger partial charge is 0.331 e. The number of methoxy groups -OCH3 is 2. The number of hydrogen-bond acceptors (Lipinski definition) is 9. The molecule has 9 heteroatoms. The molecule has 0 amide bonds. The zero-order valence-corrected chi connectivity index (χ0v) is 14.7. The molecule has 126 valence electrons. The van der Waals surface area contributed by atoms with Crippen LogP contribution in [-0.4, -0.2) is 64.8 Å². The van der Waals surface area contributed by atoms with Crippen molar-refractivity contribution in [1.82, 2.24) is 4.98 Å². The molecule has 1 aromatic rings.